The third-order valence-corrected chi connectivity index (χ3v) is 3.82. The summed E-state index contributed by atoms with van der Waals surface area (Å²) in [6.45, 7) is 8.80. The molecule has 0 aromatic heterocycles. The fourth-order valence-corrected chi connectivity index (χ4v) is 2.65. The van der Waals surface area contributed by atoms with E-state index >= 15 is 0 Å². The molecule has 1 heterocycles. The summed E-state index contributed by atoms with van der Waals surface area (Å²) in [5.74, 6) is 1.04. The van der Waals surface area contributed by atoms with Crippen molar-refractivity contribution in [2.45, 2.75) is 45.1 Å². The molecular weight excluding hydrogens is 326 g/mol. The Morgan fingerprint density at radius 1 is 1.21 bits per heavy atom. The van der Waals surface area contributed by atoms with Crippen molar-refractivity contribution in [3.05, 3.63) is 28.2 Å². The highest BCUT2D eigenvalue weighted by atomic mass is 79.9. The topological polar surface area (TPSA) is 21.3 Å². The van der Waals surface area contributed by atoms with Crippen LogP contribution >= 0.6 is 28.3 Å². The third kappa shape index (κ3) is 4.66. The molecular formula is C15H23BrClNO. The fraction of sp³-hybridized carbons (Fsp3) is 0.600. The molecule has 0 unspecified atom stereocenters. The van der Waals surface area contributed by atoms with Crippen LogP contribution in [0.4, 0.5) is 0 Å². The normalized spacial score (nSPS) is 16.8. The summed E-state index contributed by atoms with van der Waals surface area (Å²) in [5, 5.41) is 3.37. The van der Waals surface area contributed by atoms with Gasteiger partial charge in [-0.1, -0.05) is 36.7 Å². The molecule has 1 aromatic carbocycles. The number of ether oxygens (including phenoxy) is 1. The van der Waals surface area contributed by atoms with Gasteiger partial charge in [0.15, 0.2) is 0 Å². The second-order valence-corrected chi connectivity index (χ2v) is 6.87. The number of rotatable bonds is 2. The smallest absolute Gasteiger partial charge is 0.123 e. The van der Waals surface area contributed by atoms with E-state index in [4.69, 9.17) is 4.74 Å². The minimum absolute atomic E-state index is 0. The van der Waals surface area contributed by atoms with Gasteiger partial charge in [-0.2, -0.15) is 0 Å². The van der Waals surface area contributed by atoms with Crippen molar-refractivity contribution in [2.75, 3.05) is 13.1 Å². The summed E-state index contributed by atoms with van der Waals surface area (Å²) in [5.41, 5.74) is 1.38. The van der Waals surface area contributed by atoms with E-state index in [9.17, 15) is 0 Å². The van der Waals surface area contributed by atoms with Crippen LogP contribution in [0.25, 0.3) is 0 Å². The maximum atomic E-state index is 6.21. The Bertz CT molecular complexity index is 411. The summed E-state index contributed by atoms with van der Waals surface area (Å²) in [6.07, 6.45) is 2.55. The van der Waals surface area contributed by atoms with E-state index in [0.717, 1.165) is 36.2 Å². The zero-order valence-corrected chi connectivity index (χ0v) is 14.2. The largest absolute Gasteiger partial charge is 0.490 e. The summed E-state index contributed by atoms with van der Waals surface area (Å²) >= 11 is 3.55. The highest BCUT2D eigenvalue weighted by molar-refractivity contribution is 9.10. The van der Waals surface area contributed by atoms with Crippen LogP contribution in [0.1, 0.15) is 39.2 Å². The van der Waals surface area contributed by atoms with Crippen molar-refractivity contribution in [3.8, 4) is 5.75 Å². The van der Waals surface area contributed by atoms with Crippen LogP contribution in [0.15, 0.2) is 22.7 Å². The third-order valence-electron chi connectivity index (χ3n) is 3.33. The van der Waals surface area contributed by atoms with E-state index in [1.807, 2.05) is 0 Å². The van der Waals surface area contributed by atoms with Gasteiger partial charge in [-0.3, -0.25) is 0 Å². The molecule has 2 rings (SSSR count). The molecule has 4 heteroatoms. The monoisotopic (exact) mass is 347 g/mol. The number of nitrogens with one attached hydrogen (secondary N) is 1. The van der Waals surface area contributed by atoms with Crippen molar-refractivity contribution in [3.63, 3.8) is 0 Å². The van der Waals surface area contributed by atoms with Gasteiger partial charge in [-0.05, 0) is 49.5 Å². The number of hydrogen-bond acceptors (Lipinski definition) is 2. The van der Waals surface area contributed by atoms with Crippen LogP contribution in [0.3, 0.4) is 0 Å². The van der Waals surface area contributed by atoms with Crippen LogP contribution < -0.4 is 10.1 Å². The van der Waals surface area contributed by atoms with Gasteiger partial charge >= 0.3 is 0 Å². The molecule has 2 nitrogen and oxygen atoms in total. The van der Waals surface area contributed by atoms with Crippen LogP contribution in [0.2, 0.25) is 0 Å². The molecule has 1 saturated heterocycles. The van der Waals surface area contributed by atoms with Crippen molar-refractivity contribution in [2.24, 2.45) is 0 Å². The first-order valence-corrected chi connectivity index (χ1v) is 7.43. The Balaban J connectivity index is 0.00000180. The minimum Gasteiger partial charge on any atom is -0.490 e. The standard InChI is InChI=1S/C15H22BrNO.ClH/c1-15(2,3)13-10-11(16)4-5-14(13)18-12-6-8-17-9-7-12;/h4-5,10,12,17H,6-9H2,1-3H3;1H. The van der Waals surface area contributed by atoms with E-state index in [0.29, 0.717) is 6.10 Å². The van der Waals surface area contributed by atoms with Gasteiger partial charge in [0.25, 0.3) is 0 Å². The first-order valence-electron chi connectivity index (χ1n) is 6.64. The van der Waals surface area contributed by atoms with Gasteiger partial charge in [0.05, 0.1) is 0 Å². The minimum atomic E-state index is 0. The molecule has 0 atom stereocenters. The van der Waals surface area contributed by atoms with E-state index in [2.05, 4.69) is 60.2 Å². The zero-order valence-electron chi connectivity index (χ0n) is 11.8. The lowest BCUT2D eigenvalue weighted by molar-refractivity contribution is 0.159. The highest BCUT2D eigenvalue weighted by Crippen LogP contribution is 2.34. The van der Waals surface area contributed by atoms with Gasteiger partial charge in [0.1, 0.15) is 11.9 Å². The number of hydrogen-bond donors (Lipinski definition) is 1. The Kier molecular flexibility index (Phi) is 6.15. The Morgan fingerprint density at radius 2 is 1.84 bits per heavy atom. The lowest BCUT2D eigenvalue weighted by atomic mass is 9.86. The molecule has 0 saturated carbocycles. The van der Waals surface area contributed by atoms with E-state index in [1.54, 1.807) is 0 Å². The summed E-state index contributed by atoms with van der Waals surface area (Å²) in [4.78, 5) is 0. The predicted molar refractivity (Wildman–Crippen MR) is 86.6 cm³/mol. The van der Waals surface area contributed by atoms with Crippen molar-refractivity contribution >= 4 is 28.3 Å². The molecule has 1 aromatic rings. The molecule has 1 N–H and O–H groups in total. The van der Waals surface area contributed by atoms with Crippen molar-refractivity contribution in [1.29, 1.82) is 0 Å². The lowest BCUT2D eigenvalue weighted by Gasteiger charge is -2.28. The molecule has 0 bridgehead atoms. The molecule has 0 spiro atoms. The predicted octanol–water partition coefficient (Wildman–Crippen LogP) is 4.30. The summed E-state index contributed by atoms with van der Waals surface area (Å²) in [6, 6.07) is 6.33. The molecule has 0 amide bonds. The highest BCUT2D eigenvalue weighted by Gasteiger charge is 2.22. The number of halogens is 2. The number of piperidine rings is 1. The van der Waals surface area contributed by atoms with E-state index in [-0.39, 0.29) is 17.8 Å². The maximum absolute atomic E-state index is 6.21. The van der Waals surface area contributed by atoms with Crippen LogP contribution in [-0.2, 0) is 5.41 Å². The van der Waals surface area contributed by atoms with Gasteiger partial charge in [0, 0.05) is 10.0 Å². The Hall–Kier alpha value is -0.250. The first kappa shape index (κ1) is 16.8. The molecule has 1 fully saturated rings. The van der Waals surface area contributed by atoms with Gasteiger partial charge in [0.2, 0.25) is 0 Å². The van der Waals surface area contributed by atoms with Gasteiger partial charge in [-0.15, -0.1) is 12.4 Å². The lowest BCUT2D eigenvalue weighted by Crippen LogP contribution is -2.34. The van der Waals surface area contributed by atoms with E-state index < -0.39 is 0 Å². The molecule has 1 aliphatic rings. The van der Waals surface area contributed by atoms with Crippen LogP contribution in [0.5, 0.6) is 5.75 Å². The van der Waals surface area contributed by atoms with Crippen molar-refractivity contribution in [1.82, 2.24) is 5.32 Å². The average molecular weight is 349 g/mol. The van der Waals surface area contributed by atoms with Crippen molar-refractivity contribution < 1.29 is 4.74 Å². The number of benzene rings is 1. The molecule has 0 radical (unpaired) electrons. The maximum Gasteiger partial charge on any atom is 0.123 e. The quantitative estimate of drug-likeness (QED) is 0.860. The fourth-order valence-electron chi connectivity index (χ4n) is 2.28. The summed E-state index contributed by atoms with van der Waals surface area (Å²) < 4.78 is 7.32. The molecule has 0 aliphatic carbocycles. The van der Waals surface area contributed by atoms with Gasteiger partial charge < -0.3 is 10.1 Å². The molecule has 1 aliphatic heterocycles. The molecule has 108 valence electrons. The second-order valence-electron chi connectivity index (χ2n) is 5.96. The Morgan fingerprint density at radius 3 is 2.42 bits per heavy atom. The summed E-state index contributed by atoms with van der Waals surface area (Å²) in [7, 11) is 0. The SMILES string of the molecule is CC(C)(C)c1cc(Br)ccc1OC1CCNCC1.Cl. The van der Waals surface area contributed by atoms with Gasteiger partial charge in [-0.25, -0.2) is 0 Å². The first-order chi connectivity index (χ1) is 8.47. The van der Waals surface area contributed by atoms with Crippen LogP contribution in [0, 0.1) is 0 Å². The second kappa shape index (κ2) is 6.96. The zero-order chi connectivity index (χ0) is 13.2. The molecule has 19 heavy (non-hydrogen) atoms. The Labute approximate surface area is 130 Å². The van der Waals surface area contributed by atoms with Crippen LogP contribution in [-0.4, -0.2) is 19.2 Å². The van der Waals surface area contributed by atoms with E-state index in [1.165, 1.54) is 5.56 Å². The average Bonchev–Trinajstić information content (AvgIpc) is 2.31.